The Balaban J connectivity index is 1.52. The number of aromatic nitrogens is 2. The third-order valence-corrected chi connectivity index (χ3v) is 9.95. The summed E-state index contributed by atoms with van der Waals surface area (Å²) in [6, 6.07) is 9.21. The third kappa shape index (κ3) is 5.14. The number of aryl methyl sites for hydroxylation is 2. The number of carbonyl (C=O) groups excluding carboxylic acids is 1. The Morgan fingerprint density at radius 3 is 2.38 bits per heavy atom. The van der Waals surface area contributed by atoms with Crippen LogP contribution in [0.2, 0.25) is 0 Å². The predicted octanol–water partition coefficient (Wildman–Crippen LogP) is 3.11. The minimum atomic E-state index is -4.36. The second-order valence-electron chi connectivity index (χ2n) is 11.4. The quantitative estimate of drug-likeness (QED) is 0.415. The van der Waals surface area contributed by atoms with E-state index in [1.807, 2.05) is 20.8 Å². The second-order valence-corrected chi connectivity index (χ2v) is 14.6. The maximum Gasteiger partial charge on any atom is 0.283 e. The summed E-state index contributed by atoms with van der Waals surface area (Å²) < 4.78 is 73.7. The Hall–Kier alpha value is -3.88. The molecule has 3 heterocycles. The van der Waals surface area contributed by atoms with Gasteiger partial charge in [-0.2, -0.15) is 12.8 Å². The lowest BCUT2D eigenvalue weighted by Gasteiger charge is -2.35. The molecule has 0 spiro atoms. The van der Waals surface area contributed by atoms with Crippen LogP contribution in [0.1, 0.15) is 43.3 Å². The molecule has 0 radical (unpaired) electrons. The number of amides is 1. The second kappa shape index (κ2) is 10.1. The molecule has 5 rings (SSSR count). The number of benzene rings is 2. The van der Waals surface area contributed by atoms with Crippen LogP contribution in [0.15, 0.2) is 74.3 Å². The Bertz CT molecular complexity index is 1870. The fourth-order valence-electron chi connectivity index (χ4n) is 5.22. The van der Waals surface area contributed by atoms with Gasteiger partial charge in [-0.1, -0.05) is 51.1 Å². The fourth-order valence-corrected chi connectivity index (χ4v) is 7.70. The van der Waals surface area contributed by atoms with Gasteiger partial charge in [-0.25, -0.2) is 22.5 Å². The molecule has 0 saturated carbocycles. The molecule has 0 unspecified atom stereocenters. The first kappa shape index (κ1) is 29.6. The predicted molar refractivity (Wildman–Crippen MR) is 152 cm³/mol. The van der Waals surface area contributed by atoms with E-state index in [1.54, 1.807) is 18.5 Å². The lowest BCUT2D eigenvalue weighted by atomic mass is 9.84. The van der Waals surface area contributed by atoms with Gasteiger partial charge < -0.3 is 14.6 Å². The summed E-state index contributed by atoms with van der Waals surface area (Å²) in [5.41, 5.74) is -0.316. The average molecular weight is 616 g/mol. The Morgan fingerprint density at radius 1 is 1.12 bits per heavy atom. The van der Waals surface area contributed by atoms with Crippen molar-refractivity contribution in [3.8, 4) is 0 Å². The first-order valence-corrected chi connectivity index (χ1v) is 15.9. The molecule has 0 bridgehead atoms. The van der Waals surface area contributed by atoms with E-state index in [-0.39, 0.29) is 51.2 Å². The van der Waals surface area contributed by atoms with Gasteiger partial charge in [-0.15, -0.1) is 0 Å². The van der Waals surface area contributed by atoms with Gasteiger partial charge in [0.15, 0.2) is 5.03 Å². The minimum absolute atomic E-state index is 0.0380. The van der Waals surface area contributed by atoms with Gasteiger partial charge in [0.2, 0.25) is 0 Å². The van der Waals surface area contributed by atoms with Crippen LogP contribution in [0.4, 0.5) is 4.39 Å². The van der Waals surface area contributed by atoms with Crippen molar-refractivity contribution in [3.63, 3.8) is 0 Å². The maximum atomic E-state index is 13.8. The molecule has 3 aromatic rings. The summed E-state index contributed by atoms with van der Waals surface area (Å²) in [4.78, 5) is 19.0. The van der Waals surface area contributed by atoms with E-state index in [1.165, 1.54) is 53.6 Å². The highest BCUT2D eigenvalue weighted by Crippen LogP contribution is 2.41. The van der Waals surface area contributed by atoms with Gasteiger partial charge >= 0.3 is 0 Å². The Kier molecular flexibility index (Phi) is 7.15. The fraction of sp³-hybridized carbons (Fsp3) is 0.321. The maximum absolute atomic E-state index is 13.8. The molecule has 14 heteroatoms. The molecule has 1 aromatic heterocycles. The first-order chi connectivity index (χ1) is 19.5. The number of aliphatic hydroxyl groups is 1. The smallest absolute Gasteiger partial charge is 0.283 e. The number of rotatable bonds is 7. The van der Waals surface area contributed by atoms with Crippen molar-refractivity contribution in [2.75, 3.05) is 0 Å². The number of imidazole rings is 1. The van der Waals surface area contributed by atoms with Crippen molar-refractivity contribution in [3.05, 3.63) is 88.3 Å². The number of fused-ring (bicyclic) bond motifs is 1. The molecule has 0 fully saturated rings. The van der Waals surface area contributed by atoms with Gasteiger partial charge in [0.05, 0.1) is 6.04 Å². The summed E-state index contributed by atoms with van der Waals surface area (Å²) >= 11 is 0. The number of halogens is 1. The topological polar surface area (TPSA) is 151 Å². The zero-order valence-corrected chi connectivity index (χ0v) is 25.2. The van der Waals surface area contributed by atoms with Crippen LogP contribution in [-0.2, 0) is 45.0 Å². The van der Waals surface area contributed by atoms with Crippen LogP contribution in [0.3, 0.4) is 0 Å². The average Bonchev–Trinajstić information content (AvgIpc) is 3.47. The largest absolute Gasteiger partial charge is 0.509 e. The molecular weight excluding hydrogens is 585 g/mol. The van der Waals surface area contributed by atoms with Crippen molar-refractivity contribution in [1.82, 2.24) is 19.2 Å². The lowest BCUT2D eigenvalue weighted by Crippen LogP contribution is -2.43. The molecule has 1 amide bonds. The number of aliphatic hydroxyl groups excluding tert-OH is 1. The molecular formula is C28H30FN5O6S2. The van der Waals surface area contributed by atoms with Crippen LogP contribution in [-0.4, -0.2) is 54.1 Å². The minimum Gasteiger partial charge on any atom is -0.509 e. The van der Waals surface area contributed by atoms with Crippen molar-refractivity contribution in [1.29, 1.82) is 0 Å². The molecule has 2 N–H and O–H groups in total. The van der Waals surface area contributed by atoms with Gasteiger partial charge in [0, 0.05) is 31.9 Å². The van der Waals surface area contributed by atoms with E-state index in [4.69, 9.17) is 0 Å². The monoisotopic (exact) mass is 615 g/mol. The lowest BCUT2D eigenvalue weighted by molar-refractivity contribution is -0.129. The normalized spacial score (nSPS) is 18.5. The summed E-state index contributed by atoms with van der Waals surface area (Å²) in [6.45, 7) is 6.79. The standard InChI is InChI=1S/C28H30FN5O6S2/c1-16-31-21(15-33(16)5)41(37,38)30-13-18-7-6-8-20-23(32-42(39,40)25(18)20)22-24(35)26(28(2,3)4)34(27(22)36)14-17-9-11-19(29)12-10-17/h6-12,15,26,30,35H,13-14H2,1-5H3/t26-/m1/s1. The van der Waals surface area contributed by atoms with Crippen molar-refractivity contribution in [2.45, 2.75) is 56.7 Å². The van der Waals surface area contributed by atoms with E-state index >= 15 is 0 Å². The molecule has 222 valence electrons. The van der Waals surface area contributed by atoms with Crippen molar-refractivity contribution in [2.24, 2.45) is 16.9 Å². The first-order valence-electron chi connectivity index (χ1n) is 13.0. The van der Waals surface area contributed by atoms with E-state index in [2.05, 4.69) is 14.1 Å². The van der Waals surface area contributed by atoms with E-state index < -0.39 is 43.2 Å². The van der Waals surface area contributed by atoms with Crippen LogP contribution in [0.25, 0.3) is 0 Å². The Morgan fingerprint density at radius 2 is 1.79 bits per heavy atom. The van der Waals surface area contributed by atoms with Crippen LogP contribution in [0, 0.1) is 18.2 Å². The molecule has 2 aliphatic rings. The molecule has 11 nitrogen and oxygen atoms in total. The van der Waals surface area contributed by atoms with Crippen LogP contribution < -0.4 is 4.72 Å². The zero-order chi connectivity index (χ0) is 30.8. The molecule has 2 aliphatic heterocycles. The number of hydrogen-bond donors (Lipinski definition) is 2. The highest BCUT2D eigenvalue weighted by Gasteiger charge is 2.49. The highest BCUT2D eigenvalue weighted by molar-refractivity contribution is 7.91. The number of nitrogens with one attached hydrogen (secondary N) is 1. The zero-order valence-electron chi connectivity index (χ0n) is 23.6. The van der Waals surface area contributed by atoms with Gasteiger partial charge in [0.1, 0.15) is 33.6 Å². The number of nitrogens with zero attached hydrogens (tertiary/aromatic N) is 4. The van der Waals surface area contributed by atoms with E-state index in [9.17, 15) is 31.1 Å². The summed E-state index contributed by atoms with van der Waals surface area (Å²) in [5.74, 6) is -0.910. The molecule has 0 saturated heterocycles. The molecule has 42 heavy (non-hydrogen) atoms. The number of sulfonamides is 2. The van der Waals surface area contributed by atoms with Crippen molar-refractivity contribution >= 4 is 31.7 Å². The van der Waals surface area contributed by atoms with E-state index in [0.717, 1.165) is 0 Å². The van der Waals surface area contributed by atoms with Gasteiger partial charge in [0.25, 0.3) is 26.0 Å². The number of carbonyl (C=O) groups is 1. The van der Waals surface area contributed by atoms with E-state index in [0.29, 0.717) is 11.4 Å². The SMILES string of the molecule is Cc1nc(S(=O)(=O)NCc2cccc3c2S(=O)(=O)N=C3C2=C(O)[C@H](C(C)(C)C)N(Cc3ccc(F)cc3)C2=O)cn1C. The molecule has 0 aliphatic carbocycles. The summed E-state index contributed by atoms with van der Waals surface area (Å²) in [5, 5.41) is 11.2. The Labute approximate surface area is 243 Å². The molecule has 2 aromatic carbocycles. The third-order valence-electron chi connectivity index (χ3n) is 7.26. The van der Waals surface area contributed by atoms with Crippen LogP contribution >= 0.6 is 0 Å². The van der Waals surface area contributed by atoms with Crippen molar-refractivity contribution < 1.29 is 31.1 Å². The number of hydrogen-bond acceptors (Lipinski definition) is 7. The summed E-state index contributed by atoms with van der Waals surface area (Å²) in [6.07, 6.45) is 1.34. The molecule has 1 atom stereocenters. The van der Waals surface area contributed by atoms with Crippen LogP contribution in [0.5, 0.6) is 0 Å². The van der Waals surface area contributed by atoms with Gasteiger partial charge in [-0.05, 0) is 35.6 Å². The highest BCUT2D eigenvalue weighted by atomic mass is 32.2. The van der Waals surface area contributed by atoms with Gasteiger partial charge in [-0.3, -0.25) is 4.79 Å². The summed E-state index contributed by atoms with van der Waals surface area (Å²) in [7, 11) is -6.79.